The van der Waals surface area contributed by atoms with Gasteiger partial charge in [0.2, 0.25) is 5.91 Å². The van der Waals surface area contributed by atoms with Crippen LogP contribution in [0.5, 0.6) is 0 Å². The van der Waals surface area contributed by atoms with Gasteiger partial charge >= 0.3 is 25.0 Å². The van der Waals surface area contributed by atoms with Crippen LogP contribution < -0.4 is 38.6 Å². The van der Waals surface area contributed by atoms with Crippen molar-refractivity contribution >= 4 is 239 Å². The molecular formula is C66H60BBr3Cl4N12O14S5. The fraction of sp³-hybridized carbons (Fsp3) is 0.212. The Morgan fingerprint density at radius 2 is 0.952 bits per heavy atom. The molecule has 1 amide bonds. The Hall–Kier alpha value is -7.72. The van der Waals surface area contributed by atoms with Crippen molar-refractivity contribution in [3.05, 3.63) is 215 Å². The molecule has 105 heavy (non-hydrogen) atoms. The molecule has 0 unspecified atom stereocenters. The number of aromatic nitrogens is 10. The zero-order valence-corrected chi connectivity index (χ0v) is 66.8. The highest BCUT2D eigenvalue weighted by atomic mass is 79.9. The summed E-state index contributed by atoms with van der Waals surface area (Å²) >= 11 is 34.0. The van der Waals surface area contributed by atoms with Gasteiger partial charge < -0.3 is 44.8 Å². The van der Waals surface area contributed by atoms with Gasteiger partial charge in [0.1, 0.15) is 49.1 Å². The van der Waals surface area contributed by atoms with Crippen LogP contribution in [0.3, 0.4) is 0 Å². The summed E-state index contributed by atoms with van der Waals surface area (Å²) in [6, 6.07) is 29.9. The van der Waals surface area contributed by atoms with Crippen LogP contribution in [-0.2, 0) is 48.3 Å². The molecule has 0 aliphatic carbocycles. The van der Waals surface area contributed by atoms with Crippen molar-refractivity contribution in [1.82, 2.24) is 58.8 Å². The number of halogens is 7. The molecule has 0 atom stereocenters. The molecule has 15 rings (SSSR count). The fourth-order valence-corrected chi connectivity index (χ4v) is 14.7. The van der Waals surface area contributed by atoms with E-state index < -0.39 is 25.6 Å². The number of nitrogens with one attached hydrogen (secondary N) is 3. The Kier molecular flexibility index (Phi) is 33.8. The van der Waals surface area contributed by atoms with Crippen molar-refractivity contribution in [2.45, 2.75) is 46.3 Å². The maximum Gasteiger partial charge on any atom is 0.488 e. The number of aliphatic carboxylic acids is 1. The van der Waals surface area contributed by atoms with Crippen LogP contribution in [0.25, 0.3) is 72.0 Å². The number of fused-ring (bicyclic) bond motifs is 5. The third-order valence-electron chi connectivity index (χ3n) is 14.1. The van der Waals surface area contributed by atoms with E-state index in [1.807, 2.05) is 47.8 Å². The molecule has 2 aliphatic heterocycles. The number of carbonyl (C=O) groups is 4. The highest BCUT2D eigenvalue weighted by molar-refractivity contribution is 9.11. The number of amides is 1. The van der Waals surface area contributed by atoms with E-state index in [0.717, 1.165) is 62.2 Å². The molecule has 550 valence electrons. The second-order valence-electron chi connectivity index (χ2n) is 21.2. The molecule has 6 N–H and O–H groups in total. The molecule has 10 aromatic heterocycles. The second-order valence-corrected chi connectivity index (χ2v) is 30.9. The van der Waals surface area contributed by atoms with Crippen molar-refractivity contribution in [3.63, 3.8) is 0 Å². The van der Waals surface area contributed by atoms with Gasteiger partial charge in [-0.05, 0) is 160 Å². The smallest absolute Gasteiger partial charge is 0.480 e. The SMILES string of the molecule is C1CNC1.CCOC(=O)CBr.CCOC(=O)Cn1cnc2sc(Br)cc2c1=O.Cl.O=C(Cn1cnc2sc(-c3ccc(Cl)cc3)cc2c1=O)N1CCC1.O=C(O)Cn1cnc2sc(-c3ccc(Cl)cc3)cc2c1=O.O=c1[nH]cnc2sc(Br)cc12.O=c1[nH]cnc2sccc12.OB(O)c1ccc(Cl)cc1. The molecule has 12 heterocycles. The monoisotopic (exact) mass is 1790 g/mol. The Bertz CT molecular complexity index is 5400. The Labute approximate surface area is 662 Å². The van der Waals surface area contributed by atoms with Crippen LogP contribution in [0.1, 0.15) is 26.7 Å². The highest BCUT2D eigenvalue weighted by Crippen LogP contribution is 2.33. The topological polar surface area (TPSA) is 359 Å². The maximum atomic E-state index is 12.6. The van der Waals surface area contributed by atoms with Gasteiger partial charge in [-0.25, -0.2) is 24.9 Å². The van der Waals surface area contributed by atoms with Gasteiger partial charge in [0.25, 0.3) is 27.8 Å². The fourth-order valence-electron chi connectivity index (χ4n) is 8.65. The summed E-state index contributed by atoms with van der Waals surface area (Å²) in [6.45, 7) is 7.87. The number of benzene rings is 3. The number of carboxylic acids is 1. The number of nitrogens with zero attached hydrogens (tertiary/aromatic N) is 9. The summed E-state index contributed by atoms with van der Waals surface area (Å²) in [5.41, 5.74) is 1.47. The van der Waals surface area contributed by atoms with Crippen LogP contribution in [-0.4, -0.2) is 144 Å². The molecule has 0 saturated carbocycles. The average Bonchev–Trinajstić information content (AvgIpc) is 1.63. The van der Waals surface area contributed by atoms with Crippen molar-refractivity contribution in [2.24, 2.45) is 0 Å². The average molecular weight is 1800 g/mol. The number of carbonyl (C=O) groups excluding carboxylic acids is 3. The summed E-state index contributed by atoms with van der Waals surface area (Å²) in [5.74, 6) is -1.75. The first-order valence-electron chi connectivity index (χ1n) is 30.8. The first kappa shape index (κ1) is 84.5. The Balaban J connectivity index is 0.000000175. The zero-order chi connectivity index (χ0) is 75.0. The molecule has 0 bridgehead atoms. The van der Waals surface area contributed by atoms with Gasteiger partial charge in [-0.2, -0.15) is 0 Å². The molecule has 2 aliphatic rings. The van der Waals surface area contributed by atoms with E-state index in [1.165, 1.54) is 117 Å². The number of ether oxygens (including phenoxy) is 2. The normalized spacial score (nSPS) is 11.6. The predicted octanol–water partition coefficient (Wildman–Crippen LogP) is 11.8. The number of likely N-dealkylation sites (tertiary alicyclic amines) is 1. The van der Waals surface area contributed by atoms with Gasteiger partial charge in [-0.1, -0.05) is 87.1 Å². The minimum absolute atomic E-state index is 0. The minimum atomic E-state index is -1.41. The first-order chi connectivity index (χ1) is 49.9. The van der Waals surface area contributed by atoms with Crippen molar-refractivity contribution in [1.29, 1.82) is 0 Å². The lowest BCUT2D eigenvalue weighted by Gasteiger charge is -2.30. The largest absolute Gasteiger partial charge is 0.488 e. The zero-order valence-electron chi connectivity index (χ0n) is 54.9. The van der Waals surface area contributed by atoms with Crippen LogP contribution in [0.2, 0.25) is 15.1 Å². The number of aromatic amines is 2. The van der Waals surface area contributed by atoms with E-state index in [9.17, 15) is 43.2 Å². The van der Waals surface area contributed by atoms with Gasteiger partial charge in [0, 0.05) is 37.9 Å². The minimum Gasteiger partial charge on any atom is -0.480 e. The Morgan fingerprint density at radius 1 is 0.543 bits per heavy atom. The molecule has 2 saturated heterocycles. The molecular weight excluding hydrogens is 1740 g/mol. The van der Waals surface area contributed by atoms with Gasteiger partial charge in [-0.15, -0.1) is 69.1 Å². The first-order valence-corrected chi connectivity index (χ1v) is 38.8. The second kappa shape index (κ2) is 42.0. The lowest BCUT2D eigenvalue weighted by atomic mass is 9.81. The van der Waals surface area contributed by atoms with Crippen molar-refractivity contribution < 1.29 is 43.8 Å². The third-order valence-corrected chi connectivity index (χ3v) is 21.4. The molecule has 39 heteroatoms. The summed E-state index contributed by atoms with van der Waals surface area (Å²) in [6.07, 6.45) is 9.34. The van der Waals surface area contributed by atoms with Crippen LogP contribution >= 0.6 is 152 Å². The number of esters is 2. The van der Waals surface area contributed by atoms with Gasteiger partial charge in [-0.3, -0.25) is 56.9 Å². The molecule has 26 nitrogen and oxygen atoms in total. The molecule has 13 aromatic rings. The number of hydrogen-bond acceptors (Lipinski definition) is 24. The van der Waals surface area contributed by atoms with E-state index in [2.05, 4.69) is 92.7 Å². The van der Waals surface area contributed by atoms with E-state index in [-0.39, 0.29) is 65.2 Å². The maximum absolute atomic E-state index is 12.6. The summed E-state index contributed by atoms with van der Waals surface area (Å²) in [7, 11) is -1.41. The van der Waals surface area contributed by atoms with E-state index in [1.54, 1.807) is 79.4 Å². The standard InChI is InChI=1S/C17H14ClN3O2S.C14H9ClN2O3S.C10H9BrN2O3S.C6H6BClO2.C6H3BrN2OS.C6H4N2OS.C4H7BrO2.C3H7N.ClH/c18-12-4-2-11(3-5-12)14-8-13-16(24-14)19-10-21(17(13)23)9-15(22)20-6-1-7-20;15-9-3-1-8(2-4-9)11-5-10-13(21-11)16-7-17(14(10)20)6-12(18)19;1-2-16-8(14)4-13-5-12-9-6(10(13)15)3-7(11)17-9;8-6-3-1-5(2-4-6)7(9)10;7-4-1-3-5(10)8-2-9-6(3)11-4;9-5-4-1-2-10-6(4)8-3-7-5;1-2-7-4(6)3-5;1-2-4-3-1;/h2-5,8,10H,1,6-7,9H2;1-5,7H,6H2,(H,18,19);3,5H,2,4H2,1H3;1-4,9-10H;1-2H,(H,8,9,10);1-3H,(H,7,8,9);2-3H2,1H3;4H,1-3H2;1H. The van der Waals surface area contributed by atoms with Gasteiger partial charge in [0.15, 0.2) is 0 Å². The molecule has 3 aromatic carbocycles. The van der Waals surface area contributed by atoms with Crippen molar-refractivity contribution in [3.8, 4) is 20.9 Å². The number of alkyl halides is 1. The number of rotatable bonds is 12. The third kappa shape index (κ3) is 24.9. The lowest BCUT2D eigenvalue weighted by molar-refractivity contribution is -0.144. The number of hydrogen-bond donors (Lipinski definition) is 6. The molecule has 2 fully saturated rings. The summed E-state index contributed by atoms with van der Waals surface area (Å²) in [5, 5.41) is 36.0. The van der Waals surface area contributed by atoms with Crippen LogP contribution in [0.4, 0.5) is 0 Å². The number of thiophene rings is 5. The van der Waals surface area contributed by atoms with Crippen LogP contribution in [0.15, 0.2) is 172 Å². The van der Waals surface area contributed by atoms with Crippen molar-refractivity contribution in [2.75, 3.05) is 44.7 Å². The number of H-pyrrole nitrogens is 2. The summed E-state index contributed by atoms with van der Waals surface area (Å²) < 4.78 is 14.8. The van der Waals surface area contributed by atoms with Crippen LogP contribution in [0, 0.1) is 0 Å². The van der Waals surface area contributed by atoms with E-state index >= 15 is 0 Å². The summed E-state index contributed by atoms with van der Waals surface area (Å²) in [4.78, 5) is 136. The highest BCUT2D eigenvalue weighted by Gasteiger charge is 2.22. The lowest BCUT2D eigenvalue weighted by Crippen LogP contribution is -2.44. The molecule has 0 radical (unpaired) electrons. The molecule has 0 spiro atoms. The van der Waals surface area contributed by atoms with Gasteiger partial charge in [0.05, 0.1) is 79.4 Å². The quantitative estimate of drug-likeness (QED) is 0.0376. The number of carboxylic acid groups (broad SMARTS) is 1. The van der Waals surface area contributed by atoms with E-state index in [0.29, 0.717) is 80.5 Å². The Morgan fingerprint density at radius 3 is 1.36 bits per heavy atom. The van der Waals surface area contributed by atoms with E-state index in [4.69, 9.17) is 54.7 Å². The predicted molar refractivity (Wildman–Crippen MR) is 430 cm³/mol.